The van der Waals surface area contributed by atoms with Crippen molar-refractivity contribution in [3.63, 3.8) is 0 Å². The van der Waals surface area contributed by atoms with E-state index in [1.54, 1.807) is 104 Å². The minimum absolute atomic E-state index is 0.00757. The van der Waals surface area contributed by atoms with Gasteiger partial charge in [-0.1, -0.05) is 0 Å². The number of aromatic nitrogens is 8. The van der Waals surface area contributed by atoms with Crippen LogP contribution in [0.5, 0.6) is 0 Å². The monoisotopic (exact) mass is 1050 g/mol. The number of nitrogens with one attached hydrogen (secondary N) is 2. The number of aryl methyl sites for hydroxylation is 4. The van der Waals surface area contributed by atoms with Gasteiger partial charge in [-0.05, 0) is 71.8 Å². The normalized spacial score (nSPS) is 12.9. The Morgan fingerprint density at radius 1 is 0.361 bits per heavy atom. The van der Waals surface area contributed by atoms with Gasteiger partial charge in [-0.3, -0.25) is 18.2 Å². The van der Waals surface area contributed by atoms with Crippen LogP contribution in [0.4, 0.5) is 0 Å². The van der Waals surface area contributed by atoms with Crippen molar-refractivity contribution in [1.82, 2.24) is 19.9 Å². The first-order valence-corrected chi connectivity index (χ1v) is 28.5. The van der Waals surface area contributed by atoms with Crippen LogP contribution in [0.15, 0.2) is 122 Å². The maximum atomic E-state index is 11.8. The Hall–Kier alpha value is -7.16. The van der Waals surface area contributed by atoms with Gasteiger partial charge >= 0.3 is 0 Å². The summed E-state index contributed by atoms with van der Waals surface area (Å²) in [6.45, 7) is -0.109. The Labute approximate surface area is 413 Å². The zero-order chi connectivity index (χ0) is 51.0. The van der Waals surface area contributed by atoms with Crippen molar-refractivity contribution in [2.45, 2.75) is 26.2 Å². The van der Waals surface area contributed by atoms with Crippen molar-refractivity contribution >= 4 is 86.8 Å². The van der Waals surface area contributed by atoms with Gasteiger partial charge in [0.25, 0.3) is 40.5 Å². The highest BCUT2D eigenvalue weighted by atomic mass is 32.2. The van der Waals surface area contributed by atoms with Crippen molar-refractivity contribution < 1.29 is 70.2 Å². The molecule has 0 atom stereocenters. The van der Waals surface area contributed by atoms with Gasteiger partial charge in [0.2, 0.25) is 0 Å². The first-order valence-electron chi connectivity index (χ1n) is 22.1. The number of nitrogens with zero attached hydrogens (tertiary/aromatic N) is 6. The van der Waals surface area contributed by atoms with Crippen LogP contribution in [0.3, 0.4) is 0 Å². The molecule has 0 aromatic carbocycles. The van der Waals surface area contributed by atoms with E-state index in [9.17, 15) is 51.9 Å². The van der Waals surface area contributed by atoms with Crippen molar-refractivity contribution in [2.75, 3.05) is 23.0 Å². The van der Waals surface area contributed by atoms with Gasteiger partial charge in [0.15, 0.2) is 75.8 Å². The SMILES string of the molecule is O=S(=O)(O)CC[n+]1ccc(-c2c3nc(c(-c4ccc[n+](CCS(=O)(=O)O)c4)c4ccc([nH]4)c(-c4cc[n+](CCS(=O)(=O)O)cc4)c4nc(c(-c5ccc[n+](CCS(=O)(=O)O)c5)c5ccc2[nH]5)C=C4)C=C3)cc1. The molecule has 0 unspecified atom stereocenters. The number of aromatic amines is 2. The summed E-state index contributed by atoms with van der Waals surface area (Å²) in [6, 6.07) is 21.9. The smallest absolute Gasteiger partial charge is 0.271 e. The van der Waals surface area contributed by atoms with E-state index in [1.165, 1.54) is 0 Å². The van der Waals surface area contributed by atoms with E-state index >= 15 is 0 Å². The summed E-state index contributed by atoms with van der Waals surface area (Å²) in [7, 11) is -17.1. The molecule has 0 amide bonds. The molecule has 0 saturated carbocycles. The first-order chi connectivity index (χ1) is 34.1. The Morgan fingerprint density at radius 2 is 0.639 bits per heavy atom. The lowest BCUT2D eigenvalue weighted by molar-refractivity contribution is -0.692. The average Bonchev–Trinajstić information content (AvgIpc) is 4.18. The van der Waals surface area contributed by atoms with Crippen molar-refractivity contribution in [3.8, 4) is 44.5 Å². The lowest BCUT2D eigenvalue weighted by Crippen LogP contribution is -2.36. The molecule has 9 rings (SSSR count). The van der Waals surface area contributed by atoms with Gasteiger partial charge in [-0.15, -0.1) is 0 Å². The Bertz CT molecular complexity index is 3730. The van der Waals surface area contributed by atoms with Crippen molar-refractivity contribution in [2.24, 2.45) is 0 Å². The summed E-state index contributed by atoms with van der Waals surface area (Å²) in [5, 5.41) is 0. The molecule has 9 heterocycles. The molecule has 20 nitrogen and oxygen atoms in total. The van der Waals surface area contributed by atoms with E-state index in [0.29, 0.717) is 89.4 Å². The third-order valence-electron chi connectivity index (χ3n) is 11.8. The number of hydrogen-bond acceptors (Lipinski definition) is 10. The predicted octanol–water partition coefficient (Wildman–Crippen LogP) is 4.02. The number of hydrogen-bond donors (Lipinski definition) is 6. The molecule has 2 aliphatic heterocycles. The number of rotatable bonds is 16. The molecule has 0 fully saturated rings. The zero-order valence-electron chi connectivity index (χ0n) is 37.9. The minimum atomic E-state index is -4.29. The fraction of sp³-hybridized carbons (Fsp3) is 0.167. The maximum absolute atomic E-state index is 11.8. The van der Waals surface area contributed by atoms with Crippen LogP contribution in [0.1, 0.15) is 22.8 Å². The molecular formula is C48H46N8O12S4+4. The van der Waals surface area contributed by atoms with E-state index in [4.69, 9.17) is 9.97 Å². The van der Waals surface area contributed by atoms with Crippen LogP contribution in [0.2, 0.25) is 0 Å². The van der Waals surface area contributed by atoms with Crippen molar-refractivity contribution in [1.29, 1.82) is 0 Å². The van der Waals surface area contributed by atoms with E-state index < -0.39 is 63.5 Å². The molecule has 0 radical (unpaired) electrons. The summed E-state index contributed by atoms with van der Waals surface area (Å²) in [6.07, 6.45) is 21.0. The fourth-order valence-electron chi connectivity index (χ4n) is 8.47. The highest BCUT2D eigenvalue weighted by molar-refractivity contribution is 7.86. The average molecular weight is 1060 g/mol. The first kappa shape index (κ1) is 49.8. The van der Waals surface area contributed by atoms with E-state index in [-0.39, 0.29) is 26.2 Å². The van der Waals surface area contributed by atoms with Crippen LogP contribution >= 0.6 is 0 Å². The molecule has 0 spiro atoms. The third kappa shape index (κ3) is 12.1. The quantitative estimate of drug-likeness (QED) is 0.0589. The molecule has 370 valence electrons. The summed E-state index contributed by atoms with van der Waals surface area (Å²) in [4.78, 5) is 17.7. The van der Waals surface area contributed by atoms with Gasteiger partial charge in [0.1, 0.15) is 23.0 Å². The summed E-state index contributed by atoms with van der Waals surface area (Å²) < 4.78 is 138. The molecule has 8 bridgehead atoms. The van der Waals surface area contributed by atoms with E-state index in [0.717, 1.165) is 0 Å². The number of pyridine rings is 4. The largest absolute Gasteiger partial charge is 0.354 e. The van der Waals surface area contributed by atoms with Crippen LogP contribution in [0.25, 0.3) is 90.9 Å². The number of fused-ring (bicyclic) bond motifs is 8. The summed E-state index contributed by atoms with van der Waals surface area (Å²) in [5.41, 5.74) is 9.69. The third-order valence-corrected chi connectivity index (χ3v) is 14.6. The topological polar surface area (TPSA) is 290 Å². The lowest BCUT2D eigenvalue weighted by Gasteiger charge is -2.06. The second-order valence-electron chi connectivity index (χ2n) is 17.0. The summed E-state index contributed by atoms with van der Waals surface area (Å²) >= 11 is 0. The molecule has 0 saturated heterocycles. The molecule has 24 heteroatoms. The molecule has 0 aliphatic carbocycles. The van der Waals surface area contributed by atoms with Crippen LogP contribution < -0.4 is 18.3 Å². The Morgan fingerprint density at radius 3 is 0.931 bits per heavy atom. The summed E-state index contributed by atoms with van der Waals surface area (Å²) in [5.74, 6) is -2.04. The highest BCUT2D eigenvalue weighted by Crippen LogP contribution is 2.38. The van der Waals surface area contributed by atoms with Crippen molar-refractivity contribution in [3.05, 3.63) is 145 Å². The van der Waals surface area contributed by atoms with Gasteiger partial charge in [0.05, 0.1) is 22.8 Å². The molecule has 2 aliphatic rings. The standard InChI is InChI=1S/C48H42N8O12S4/c57-69(58,59)27-23-53-19-13-33(14-20-53)45-37-5-9-41(49-37)47(35-3-1-17-55(31-35)25-29-71(63,64)65)42-10-6-38(50-42)46(34-15-21-54(22-16-34)24-28-70(60,61)62)40-8-12-44(52-40)48(43-11-7-39(45)51-43)36-4-2-18-56(32-36)26-30-72(66,67)68/h1-22,31-32H,23-30H2,(H2-3,49,50,51,52,57,58,59,60,61,62,63,64,65,66,67,68)/p+4. The van der Waals surface area contributed by atoms with Gasteiger partial charge in [0, 0.05) is 91.8 Å². The lowest BCUT2D eigenvalue weighted by atomic mass is 10.1. The Kier molecular flexibility index (Phi) is 13.7. The van der Waals surface area contributed by atoms with E-state index in [1.807, 2.05) is 60.7 Å². The molecule has 7 aromatic rings. The molecular weight excluding hydrogens is 1010 g/mol. The van der Waals surface area contributed by atoms with Crippen LogP contribution in [0, 0.1) is 0 Å². The maximum Gasteiger partial charge on any atom is 0.271 e. The Balaban J connectivity index is 1.36. The molecule has 7 aromatic heterocycles. The van der Waals surface area contributed by atoms with Gasteiger partial charge < -0.3 is 9.97 Å². The highest BCUT2D eigenvalue weighted by Gasteiger charge is 2.23. The molecule has 6 N–H and O–H groups in total. The second kappa shape index (κ2) is 19.8. The van der Waals surface area contributed by atoms with Gasteiger partial charge in [-0.2, -0.15) is 33.7 Å². The minimum Gasteiger partial charge on any atom is -0.354 e. The molecule has 72 heavy (non-hydrogen) atoms. The fourth-order valence-corrected chi connectivity index (χ4v) is 10.2. The van der Waals surface area contributed by atoms with Crippen LogP contribution in [-0.2, 0) is 66.7 Å². The predicted molar refractivity (Wildman–Crippen MR) is 267 cm³/mol. The zero-order valence-corrected chi connectivity index (χ0v) is 41.2. The second-order valence-corrected chi connectivity index (χ2v) is 23.2. The number of H-pyrrole nitrogens is 2. The van der Waals surface area contributed by atoms with E-state index in [2.05, 4.69) is 9.97 Å². The van der Waals surface area contributed by atoms with Crippen LogP contribution in [-0.4, -0.2) is 94.8 Å². The van der Waals surface area contributed by atoms with Gasteiger partial charge in [-0.25, -0.2) is 28.2 Å².